The normalized spacial score (nSPS) is 12.8. The highest BCUT2D eigenvalue weighted by atomic mass is 28.5. The topological polar surface area (TPSA) is 151 Å². The number of rotatable bonds is 16. The molecule has 0 spiro atoms. The Hall–Kier alpha value is -2.07. The summed E-state index contributed by atoms with van der Waals surface area (Å²) in [7, 11) is -6.46. The number of hydrogen-bond acceptors (Lipinski definition) is 6. The third-order valence-corrected chi connectivity index (χ3v) is 15.8. The summed E-state index contributed by atoms with van der Waals surface area (Å²) in [6, 6.07) is 1.65. The Morgan fingerprint density at radius 2 is 1.00 bits per heavy atom. The molecule has 0 aromatic heterocycles. The fraction of sp³-hybridized carbons (Fsp3) is 0.600. The summed E-state index contributed by atoms with van der Waals surface area (Å²) in [5.41, 5.74) is 0. The van der Waals surface area contributed by atoms with Crippen molar-refractivity contribution in [1.82, 2.24) is 10.6 Å². The highest BCUT2D eigenvalue weighted by Gasteiger charge is 2.39. The van der Waals surface area contributed by atoms with Crippen molar-refractivity contribution in [3.63, 3.8) is 0 Å². The van der Waals surface area contributed by atoms with Crippen molar-refractivity contribution < 1.29 is 37.6 Å². The first-order chi connectivity index (χ1) is 15.0. The van der Waals surface area contributed by atoms with Gasteiger partial charge in [0.25, 0.3) is 0 Å². The molecule has 0 unspecified atom stereocenters. The lowest BCUT2D eigenvalue weighted by molar-refractivity contribution is -0.132. The SMILES string of the molecule is C[Si](C)(CCCNC(=O)/C=C/C(=O)O)O[Si](C)(C)O[Si](C)(C)CCCNC(=O)/C=C/C(=O)O. The Labute approximate surface area is 198 Å². The fourth-order valence-corrected chi connectivity index (χ4v) is 17.4. The minimum Gasteiger partial charge on any atom is -0.478 e. The molecule has 0 aliphatic carbocycles. The van der Waals surface area contributed by atoms with Crippen LogP contribution >= 0.6 is 0 Å². The third kappa shape index (κ3) is 18.1. The Bertz CT molecular complexity index is 692. The average Bonchev–Trinajstić information content (AvgIpc) is 2.63. The number of carbonyl (C=O) groups excluding carboxylic acids is 2. The summed E-state index contributed by atoms with van der Waals surface area (Å²) >= 11 is 0. The molecule has 2 amide bonds. The Morgan fingerprint density at radius 3 is 1.30 bits per heavy atom. The van der Waals surface area contributed by atoms with Crippen LogP contribution in [0.3, 0.4) is 0 Å². The van der Waals surface area contributed by atoms with E-state index >= 15 is 0 Å². The van der Waals surface area contributed by atoms with Gasteiger partial charge in [-0.15, -0.1) is 0 Å². The van der Waals surface area contributed by atoms with Gasteiger partial charge in [0, 0.05) is 37.4 Å². The van der Waals surface area contributed by atoms with Crippen LogP contribution in [0.2, 0.25) is 51.4 Å². The monoisotopic (exact) mass is 518 g/mol. The molecule has 33 heavy (non-hydrogen) atoms. The Morgan fingerprint density at radius 1 is 0.667 bits per heavy atom. The molecule has 0 saturated heterocycles. The minimum atomic E-state index is -2.39. The van der Waals surface area contributed by atoms with Crippen LogP contribution in [0.5, 0.6) is 0 Å². The fourth-order valence-electron chi connectivity index (χ4n) is 3.32. The first-order valence-electron chi connectivity index (χ1n) is 10.8. The van der Waals surface area contributed by atoms with E-state index in [1.165, 1.54) is 0 Å². The van der Waals surface area contributed by atoms with Crippen LogP contribution in [0, 0.1) is 0 Å². The van der Waals surface area contributed by atoms with Gasteiger partial charge in [0.15, 0.2) is 16.6 Å². The van der Waals surface area contributed by atoms with E-state index in [1.54, 1.807) is 0 Å². The maximum atomic E-state index is 11.5. The number of carboxylic acid groups (broad SMARTS) is 2. The average molecular weight is 519 g/mol. The van der Waals surface area contributed by atoms with Crippen molar-refractivity contribution in [1.29, 1.82) is 0 Å². The zero-order valence-corrected chi connectivity index (χ0v) is 23.4. The van der Waals surface area contributed by atoms with Gasteiger partial charge in [0.2, 0.25) is 11.8 Å². The highest BCUT2D eigenvalue weighted by Crippen LogP contribution is 2.25. The number of aliphatic carboxylic acids is 2. The molecule has 0 rings (SSSR count). The molecule has 10 nitrogen and oxygen atoms in total. The molecule has 0 fully saturated rings. The lowest BCUT2D eigenvalue weighted by atomic mass is 10.4. The molecule has 4 N–H and O–H groups in total. The second-order valence-corrected chi connectivity index (χ2v) is 21.7. The molecule has 0 aliphatic rings. The predicted molar refractivity (Wildman–Crippen MR) is 133 cm³/mol. The van der Waals surface area contributed by atoms with Gasteiger partial charge in [-0.25, -0.2) is 9.59 Å². The molecule has 0 bridgehead atoms. The van der Waals surface area contributed by atoms with Crippen LogP contribution in [-0.2, 0) is 27.4 Å². The van der Waals surface area contributed by atoms with Crippen LogP contribution in [0.4, 0.5) is 0 Å². The summed E-state index contributed by atoms with van der Waals surface area (Å²) in [6.45, 7) is 13.4. The molecular formula is C20H38N2O8Si3. The third-order valence-electron chi connectivity index (χ3n) is 4.31. The van der Waals surface area contributed by atoms with Gasteiger partial charge < -0.3 is 29.1 Å². The first-order valence-corrected chi connectivity index (χ1v) is 19.9. The van der Waals surface area contributed by atoms with Gasteiger partial charge >= 0.3 is 20.5 Å². The molecule has 0 aliphatic heterocycles. The minimum absolute atomic E-state index is 0.433. The van der Waals surface area contributed by atoms with E-state index in [1.807, 2.05) is 13.1 Å². The van der Waals surface area contributed by atoms with E-state index in [0.29, 0.717) is 13.1 Å². The number of carbonyl (C=O) groups is 4. The molecular weight excluding hydrogens is 480 g/mol. The van der Waals surface area contributed by atoms with Gasteiger partial charge in [0.05, 0.1) is 0 Å². The van der Waals surface area contributed by atoms with E-state index in [-0.39, 0.29) is 0 Å². The van der Waals surface area contributed by atoms with Crippen LogP contribution in [0.25, 0.3) is 0 Å². The number of nitrogens with one attached hydrogen (secondary N) is 2. The van der Waals surface area contributed by atoms with Gasteiger partial charge in [-0.2, -0.15) is 0 Å². The maximum Gasteiger partial charge on any atom is 0.328 e. The second-order valence-electron chi connectivity index (χ2n) is 9.26. The van der Waals surface area contributed by atoms with Crippen molar-refractivity contribution in [2.45, 2.75) is 64.2 Å². The van der Waals surface area contributed by atoms with E-state index in [2.05, 4.69) is 36.8 Å². The summed E-state index contributed by atoms with van der Waals surface area (Å²) < 4.78 is 13.0. The largest absolute Gasteiger partial charge is 0.478 e. The second kappa shape index (κ2) is 14.2. The van der Waals surface area contributed by atoms with Crippen molar-refractivity contribution in [3.05, 3.63) is 24.3 Å². The van der Waals surface area contributed by atoms with E-state index in [4.69, 9.17) is 18.4 Å². The van der Waals surface area contributed by atoms with E-state index in [0.717, 1.165) is 49.2 Å². The molecule has 0 aromatic carbocycles. The standard InChI is InChI=1S/C20H38N2O8Si3/c1-31(2,15-7-13-21-17(23)9-11-19(25)26)29-33(5,6)30-32(3,4)16-8-14-22-18(24)10-12-20(27)28/h9-12H,7-8,13-16H2,1-6H3,(H,21,23)(H,22,24)(H,25,26)(H,27,28)/b11-9+,12-10+. The van der Waals surface area contributed by atoms with Gasteiger partial charge in [-0.1, -0.05) is 0 Å². The lowest BCUT2D eigenvalue weighted by Gasteiger charge is -2.38. The molecule has 0 radical (unpaired) electrons. The van der Waals surface area contributed by atoms with E-state index < -0.39 is 48.9 Å². The Kier molecular flexibility index (Phi) is 13.4. The van der Waals surface area contributed by atoms with Crippen LogP contribution in [-0.4, -0.2) is 72.3 Å². The van der Waals surface area contributed by atoms with E-state index in [9.17, 15) is 19.2 Å². The highest BCUT2D eigenvalue weighted by molar-refractivity contribution is 6.87. The number of amides is 2. The zero-order valence-electron chi connectivity index (χ0n) is 20.4. The lowest BCUT2D eigenvalue weighted by Crippen LogP contribution is -2.52. The van der Waals surface area contributed by atoms with Crippen LogP contribution < -0.4 is 10.6 Å². The first kappa shape index (κ1) is 30.9. The van der Waals surface area contributed by atoms with Crippen molar-refractivity contribution in [2.24, 2.45) is 0 Å². The predicted octanol–water partition coefficient (Wildman–Crippen LogP) is 2.43. The summed E-state index contributed by atoms with van der Waals surface area (Å²) in [5.74, 6) is -3.19. The van der Waals surface area contributed by atoms with Crippen molar-refractivity contribution >= 4 is 48.9 Å². The summed E-state index contributed by atoms with van der Waals surface area (Å²) in [4.78, 5) is 43.9. The van der Waals surface area contributed by atoms with Gasteiger partial charge in [-0.3, -0.25) is 9.59 Å². The molecule has 0 saturated carbocycles. The molecule has 0 heterocycles. The van der Waals surface area contributed by atoms with Gasteiger partial charge in [0.1, 0.15) is 0 Å². The zero-order chi connectivity index (χ0) is 25.7. The van der Waals surface area contributed by atoms with Crippen LogP contribution in [0.1, 0.15) is 12.8 Å². The Balaban J connectivity index is 4.43. The number of hydrogen-bond donors (Lipinski definition) is 4. The molecule has 188 valence electrons. The maximum absolute atomic E-state index is 11.5. The smallest absolute Gasteiger partial charge is 0.328 e. The molecule has 13 heteroatoms. The quantitative estimate of drug-likeness (QED) is 0.138. The summed E-state index contributed by atoms with van der Waals surface area (Å²) in [6.07, 6.45) is 5.06. The summed E-state index contributed by atoms with van der Waals surface area (Å²) in [5, 5.41) is 22.4. The molecule has 0 aromatic rings. The van der Waals surface area contributed by atoms with Crippen LogP contribution in [0.15, 0.2) is 24.3 Å². The molecule has 0 atom stereocenters. The van der Waals surface area contributed by atoms with Gasteiger partial charge in [-0.05, 0) is 64.2 Å². The van der Waals surface area contributed by atoms with Crippen molar-refractivity contribution in [2.75, 3.05) is 13.1 Å². The number of carboxylic acids is 2. The van der Waals surface area contributed by atoms with Crippen molar-refractivity contribution in [3.8, 4) is 0 Å².